The third-order valence-corrected chi connectivity index (χ3v) is 3.04. The molecule has 0 saturated heterocycles. The molecule has 0 spiro atoms. The predicted octanol–water partition coefficient (Wildman–Crippen LogP) is 1.77. The van der Waals surface area contributed by atoms with E-state index in [1.165, 1.54) is 19.3 Å². The number of rotatable bonds is 1. The second-order valence-electron chi connectivity index (χ2n) is 3.65. The summed E-state index contributed by atoms with van der Waals surface area (Å²) in [4.78, 5) is 0. The van der Waals surface area contributed by atoms with E-state index >= 15 is 0 Å². The van der Waals surface area contributed by atoms with Gasteiger partial charge in [0.2, 0.25) is 0 Å². The molecule has 0 aromatic rings. The second kappa shape index (κ2) is 2.30. The van der Waals surface area contributed by atoms with Crippen LogP contribution < -0.4 is 5.73 Å². The van der Waals surface area contributed by atoms with Crippen molar-refractivity contribution in [3.8, 4) is 0 Å². The molecule has 9 heavy (non-hydrogen) atoms. The van der Waals surface area contributed by atoms with Gasteiger partial charge in [-0.3, -0.25) is 0 Å². The first kappa shape index (κ1) is 7.07. The molecule has 1 nitrogen and oxygen atoms in total. The molecule has 1 aliphatic carbocycles. The van der Waals surface area contributed by atoms with E-state index in [1.54, 1.807) is 0 Å². The van der Waals surface area contributed by atoms with Gasteiger partial charge in [-0.1, -0.05) is 26.7 Å². The van der Waals surface area contributed by atoms with E-state index in [2.05, 4.69) is 13.8 Å². The lowest BCUT2D eigenvalue weighted by Crippen LogP contribution is -2.29. The smallest absolute Gasteiger partial charge is 0.00206 e. The third-order valence-electron chi connectivity index (χ3n) is 3.04. The molecule has 54 valence electrons. The Hall–Kier alpha value is -0.0400. The Morgan fingerprint density at radius 1 is 1.67 bits per heavy atom. The van der Waals surface area contributed by atoms with Gasteiger partial charge in [-0.2, -0.15) is 0 Å². The molecule has 1 saturated carbocycles. The SMILES string of the molecule is C[C@H]1CCC[C@]1(C)CN. The molecule has 0 aliphatic heterocycles. The number of nitrogens with two attached hydrogens (primary N) is 1. The molecule has 0 amide bonds. The fraction of sp³-hybridized carbons (Fsp3) is 1.00. The highest BCUT2D eigenvalue weighted by Crippen LogP contribution is 2.41. The zero-order valence-electron chi connectivity index (χ0n) is 6.48. The van der Waals surface area contributed by atoms with Gasteiger partial charge < -0.3 is 5.73 Å². The van der Waals surface area contributed by atoms with E-state index in [-0.39, 0.29) is 0 Å². The molecule has 1 aliphatic rings. The largest absolute Gasteiger partial charge is 0.330 e. The molecule has 0 heterocycles. The zero-order valence-corrected chi connectivity index (χ0v) is 6.48. The molecule has 1 fully saturated rings. The summed E-state index contributed by atoms with van der Waals surface area (Å²) in [5.74, 6) is 0.850. The Balaban J connectivity index is 2.56. The quantitative estimate of drug-likeness (QED) is 0.570. The molecule has 0 aromatic heterocycles. The average Bonchev–Trinajstić information content (AvgIpc) is 2.15. The molecule has 2 N–H and O–H groups in total. The van der Waals surface area contributed by atoms with Crippen molar-refractivity contribution >= 4 is 0 Å². The van der Waals surface area contributed by atoms with Crippen LogP contribution in [0, 0.1) is 11.3 Å². The van der Waals surface area contributed by atoms with Crippen LogP contribution in [-0.4, -0.2) is 6.54 Å². The van der Waals surface area contributed by atoms with Crippen LogP contribution in [0.2, 0.25) is 0 Å². The Morgan fingerprint density at radius 3 is 2.56 bits per heavy atom. The average molecular weight is 127 g/mol. The maximum absolute atomic E-state index is 5.66. The molecule has 0 aromatic carbocycles. The summed E-state index contributed by atoms with van der Waals surface area (Å²) >= 11 is 0. The highest BCUT2D eigenvalue weighted by Gasteiger charge is 2.33. The van der Waals surface area contributed by atoms with E-state index in [4.69, 9.17) is 5.73 Å². The highest BCUT2D eigenvalue weighted by atomic mass is 14.6. The predicted molar refractivity (Wildman–Crippen MR) is 40.2 cm³/mol. The summed E-state index contributed by atoms with van der Waals surface area (Å²) in [5, 5.41) is 0. The van der Waals surface area contributed by atoms with Crippen LogP contribution in [0.25, 0.3) is 0 Å². The standard InChI is InChI=1S/C8H17N/c1-7-4-3-5-8(7,2)6-9/h7H,3-6,9H2,1-2H3/t7-,8+/m0/s1. The van der Waals surface area contributed by atoms with Gasteiger partial charge in [-0.05, 0) is 24.3 Å². The third kappa shape index (κ3) is 1.11. The van der Waals surface area contributed by atoms with E-state index < -0.39 is 0 Å². The Labute approximate surface area is 57.6 Å². The lowest BCUT2D eigenvalue weighted by atomic mass is 9.81. The first-order valence-corrected chi connectivity index (χ1v) is 3.89. The van der Waals surface area contributed by atoms with E-state index in [0.717, 1.165) is 12.5 Å². The van der Waals surface area contributed by atoms with Crippen LogP contribution in [0.1, 0.15) is 33.1 Å². The summed E-state index contributed by atoms with van der Waals surface area (Å²) < 4.78 is 0. The van der Waals surface area contributed by atoms with Gasteiger partial charge >= 0.3 is 0 Å². The normalized spacial score (nSPS) is 43.7. The fourth-order valence-electron chi connectivity index (χ4n) is 1.71. The Kier molecular flexibility index (Phi) is 1.80. The monoisotopic (exact) mass is 127 g/mol. The van der Waals surface area contributed by atoms with Crippen LogP contribution in [-0.2, 0) is 0 Å². The first-order valence-electron chi connectivity index (χ1n) is 3.89. The van der Waals surface area contributed by atoms with Gasteiger partial charge in [0, 0.05) is 0 Å². The van der Waals surface area contributed by atoms with E-state index in [9.17, 15) is 0 Å². The molecular weight excluding hydrogens is 110 g/mol. The van der Waals surface area contributed by atoms with Gasteiger partial charge in [0.05, 0.1) is 0 Å². The lowest BCUT2D eigenvalue weighted by Gasteiger charge is -2.26. The van der Waals surface area contributed by atoms with Crippen molar-refractivity contribution in [2.24, 2.45) is 17.1 Å². The van der Waals surface area contributed by atoms with Crippen LogP contribution >= 0.6 is 0 Å². The molecule has 2 atom stereocenters. The van der Waals surface area contributed by atoms with Crippen LogP contribution in [0.5, 0.6) is 0 Å². The first-order chi connectivity index (χ1) is 4.19. The van der Waals surface area contributed by atoms with Crippen LogP contribution in [0.4, 0.5) is 0 Å². The molecule has 1 rings (SSSR count). The Morgan fingerprint density at radius 2 is 2.33 bits per heavy atom. The van der Waals surface area contributed by atoms with Crippen LogP contribution in [0.3, 0.4) is 0 Å². The minimum Gasteiger partial charge on any atom is -0.330 e. The van der Waals surface area contributed by atoms with Crippen molar-refractivity contribution in [1.82, 2.24) is 0 Å². The van der Waals surface area contributed by atoms with Gasteiger partial charge in [0.1, 0.15) is 0 Å². The summed E-state index contributed by atoms with van der Waals surface area (Å²) in [7, 11) is 0. The van der Waals surface area contributed by atoms with Gasteiger partial charge in [0.15, 0.2) is 0 Å². The highest BCUT2D eigenvalue weighted by molar-refractivity contribution is 4.86. The summed E-state index contributed by atoms with van der Waals surface area (Å²) in [5.41, 5.74) is 6.13. The second-order valence-corrected chi connectivity index (χ2v) is 3.65. The maximum atomic E-state index is 5.66. The zero-order chi connectivity index (χ0) is 6.91. The molecule has 0 bridgehead atoms. The fourth-order valence-corrected chi connectivity index (χ4v) is 1.71. The van der Waals surface area contributed by atoms with Gasteiger partial charge in [-0.25, -0.2) is 0 Å². The van der Waals surface area contributed by atoms with Crippen molar-refractivity contribution in [1.29, 1.82) is 0 Å². The summed E-state index contributed by atoms with van der Waals surface area (Å²) in [6.45, 7) is 5.50. The van der Waals surface area contributed by atoms with Crippen molar-refractivity contribution < 1.29 is 0 Å². The minimum absolute atomic E-state index is 0.472. The van der Waals surface area contributed by atoms with Crippen molar-refractivity contribution in [2.45, 2.75) is 33.1 Å². The van der Waals surface area contributed by atoms with Crippen molar-refractivity contribution in [2.75, 3.05) is 6.54 Å². The topological polar surface area (TPSA) is 26.0 Å². The van der Waals surface area contributed by atoms with E-state index in [1.807, 2.05) is 0 Å². The van der Waals surface area contributed by atoms with Crippen LogP contribution in [0.15, 0.2) is 0 Å². The maximum Gasteiger partial charge on any atom is -0.00206 e. The molecule has 0 unspecified atom stereocenters. The summed E-state index contributed by atoms with van der Waals surface area (Å²) in [6.07, 6.45) is 4.10. The molecular formula is C8H17N. The van der Waals surface area contributed by atoms with E-state index in [0.29, 0.717) is 5.41 Å². The number of hydrogen-bond acceptors (Lipinski definition) is 1. The van der Waals surface area contributed by atoms with Gasteiger partial charge in [-0.15, -0.1) is 0 Å². The molecule has 1 heteroatoms. The summed E-state index contributed by atoms with van der Waals surface area (Å²) in [6, 6.07) is 0. The van der Waals surface area contributed by atoms with Crippen molar-refractivity contribution in [3.05, 3.63) is 0 Å². The lowest BCUT2D eigenvalue weighted by molar-refractivity contribution is 0.258. The minimum atomic E-state index is 0.472. The molecule has 0 radical (unpaired) electrons. The Bertz CT molecular complexity index is 101. The van der Waals surface area contributed by atoms with Gasteiger partial charge in [0.25, 0.3) is 0 Å². The van der Waals surface area contributed by atoms with Crippen molar-refractivity contribution in [3.63, 3.8) is 0 Å². The number of hydrogen-bond donors (Lipinski definition) is 1.